The van der Waals surface area contributed by atoms with Crippen molar-refractivity contribution in [3.63, 3.8) is 0 Å². The number of hydrogen-bond acceptors (Lipinski definition) is 3. The van der Waals surface area contributed by atoms with Crippen LogP contribution in [0, 0.1) is 0 Å². The van der Waals surface area contributed by atoms with Gasteiger partial charge in [0.2, 0.25) is 0 Å². The Bertz CT molecular complexity index is 636. The lowest BCUT2D eigenvalue weighted by molar-refractivity contribution is 0.0600. The fraction of sp³-hybridized carbons (Fsp3) is 0.316. The van der Waals surface area contributed by atoms with Crippen molar-refractivity contribution in [3.05, 3.63) is 65.2 Å². The summed E-state index contributed by atoms with van der Waals surface area (Å²) < 4.78 is 10.5. The van der Waals surface area contributed by atoms with E-state index in [9.17, 15) is 4.79 Å². The van der Waals surface area contributed by atoms with Crippen molar-refractivity contribution in [1.29, 1.82) is 0 Å². The highest BCUT2D eigenvalue weighted by Gasteiger charge is 2.13. The summed E-state index contributed by atoms with van der Waals surface area (Å²) in [6.07, 6.45) is 0. The van der Waals surface area contributed by atoms with Crippen LogP contribution in [0.5, 0.6) is 5.75 Å². The van der Waals surface area contributed by atoms with E-state index >= 15 is 0 Å². The standard InChI is InChI=1S/C19H22O3/c1-19(2,3)16-6-5-7-17(12-16)22-13-14-8-10-15(11-9-14)18(20)21-4/h5-12H,13H2,1-4H3. The topological polar surface area (TPSA) is 35.5 Å². The number of hydrogen-bond donors (Lipinski definition) is 0. The van der Waals surface area contributed by atoms with Crippen LogP contribution in [0.1, 0.15) is 42.3 Å². The number of carbonyl (C=O) groups is 1. The average Bonchev–Trinajstić information content (AvgIpc) is 2.52. The van der Waals surface area contributed by atoms with Gasteiger partial charge in [-0.3, -0.25) is 0 Å². The Morgan fingerprint density at radius 3 is 2.32 bits per heavy atom. The summed E-state index contributed by atoms with van der Waals surface area (Å²) in [6.45, 7) is 7.00. The molecule has 0 aliphatic carbocycles. The summed E-state index contributed by atoms with van der Waals surface area (Å²) >= 11 is 0. The van der Waals surface area contributed by atoms with Crippen molar-refractivity contribution >= 4 is 5.97 Å². The predicted molar refractivity (Wildman–Crippen MR) is 87.3 cm³/mol. The van der Waals surface area contributed by atoms with Gasteiger partial charge in [0, 0.05) is 0 Å². The molecule has 2 rings (SSSR count). The molecule has 2 aromatic carbocycles. The van der Waals surface area contributed by atoms with Crippen LogP contribution in [0.4, 0.5) is 0 Å². The molecule has 0 unspecified atom stereocenters. The van der Waals surface area contributed by atoms with E-state index in [2.05, 4.69) is 37.6 Å². The van der Waals surface area contributed by atoms with Crippen molar-refractivity contribution in [1.82, 2.24) is 0 Å². The maximum atomic E-state index is 11.4. The van der Waals surface area contributed by atoms with E-state index in [1.165, 1.54) is 12.7 Å². The number of ether oxygens (including phenoxy) is 2. The highest BCUT2D eigenvalue weighted by molar-refractivity contribution is 5.89. The molecule has 0 aromatic heterocycles. The average molecular weight is 298 g/mol. The first-order chi connectivity index (χ1) is 10.4. The van der Waals surface area contributed by atoms with E-state index in [4.69, 9.17) is 4.74 Å². The Kier molecular flexibility index (Phi) is 4.86. The zero-order valence-corrected chi connectivity index (χ0v) is 13.6. The minimum atomic E-state index is -0.328. The molecule has 0 fully saturated rings. The number of carbonyl (C=O) groups excluding carboxylic acids is 1. The Morgan fingerprint density at radius 2 is 1.73 bits per heavy atom. The molecule has 0 N–H and O–H groups in total. The molecule has 0 spiro atoms. The van der Waals surface area contributed by atoms with E-state index < -0.39 is 0 Å². The summed E-state index contributed by atoms with van der Waals surface area (Å²) in [5.74, 6) is 0.523. The van der Waals surface area contributed by atoms with Gasteiger partial charge in [-0.1, -0.05) is 45.0 Å². The first kappa shape index (κ1) is 16.1. The van der Waals surface area contributed by atoms with Crippen LogP contribution in [0.3, 0.4) is 0 Å². The smallest absolute Gasteiger partial charge is 0.337 e. The van der Waals surface area contributed by atoms with Crippen molar-refractivity contribution in [2.45, 2.75) is 32.8 Å². The van der Waals surface area contributed by atoms with Gasteiger partial charge in [0.25, 0.3) is 0 Å². The summed E-state index contributed by atoms with van der Waals surface area (Å²) in [7, 11) is 1.38. The van der Waals surface area contributed by atoms with Gasteiger partial charge < -0.3 is 9.47 Å². The Hall–Kier alpha value is -2.29. The first-order valence-corrected chi connectivity index (χ1v) is 7.31. The molecule has 3 heteroatoms. The second-order valence-corrected chi connectivity index (χ2v) is 6.26. The Labute approximate surface area is 131 Å². The second kappa shape index (κ2) is 6.65. The van der Waals surface area contributed by atoms with Crippen LogP contribution in [0.15, 0.2) is 48.5 Å². The molecule has 2 aromatic rings. The zero-order valence-electron chi connectivity index (χ0n) is 13.6. The summed E-state index contributed by atoms with van der Waals surface area (Å²) in [5.41, 5.74) is 2.89. The SMILES string of the molecule is COC(=O)c1ccc(COc2cccc(C(C)(C)C)c2)cc1. The molecule has 0 atom stereocenters. The first-order valence-electron chi connectivity index (χ1n) is 7.31. The predicted octanol–water partition coefficient (Wildman–Crippen LogP) is 4.35. The molecular formula is C19H22O3. The molecular weight excluding hydrogens is 276 g/mol. The van der Waals surface area contributed by atoms with E-state index in [1.54, 1.807) is 12.1 Å². The molecule has 22 heavy (non-hydrogen) atoms. The lowest BCUT2D eigenvalue weighted by atomic mass is 9.87. The zero-order chi connectivity index (χ0) is 16.2. The maximum Gasteiger partial charge on any atom is 0.337 e. The third-order valence-electron chi connectivity index (χ3n) is 3.48. The Morgan fingerprint density at radius 1 is 1.05 bits per heavy atom. The van der Waals surface area contributed by atoms with Crippen molar-refractivity contribution < 1.29 is 14.3 Å². The van der Waals surface area contributed by atoms with Crippen LogP contribution in [-0.4, -0.2) is 13.1 Å². The van der Waals surface area contributed by atoms with Crippen LogP contribution in [0.25, 0.3) is 0 Å². The molecule has 0 aliphatic heterocycles. The highest BCUT2D eigenvalue weighted by Crippen LogP contribution is 2.26. The van der Waals surface area contributed by atoms with Gasteiger partial charge in [-0.25, -0.2) is 4.79 Å². The Balaban J connectivity index is 2.03. The van der Waals surface area contributed by atoms with Crippen molar-refractivity contribution in [2.75, 3.05) is 7.11 Å². The summed E-state index contributed by atoms with van der Waals surface area (Å²) in [4.78, 5) is 11.4. The van der Waals surface area contributed by atoms with E-state index in [-0.39, 0.29) is 11.4 Å². The van der Waals surface area contributed by atoms with E-state index in [0.717, 1.165) is 11.3 Å². The molecule has 3 nitrogen and oxygen atoms in total. The van der Waals surface area contributed by atoms with Crippen LogP contribution < -0.4 is 4.74 Å². The van der Waals surface area contributed by atoms with Gasteiger partial charge in [-0.05, 0) is 40.8 Å². The molecule has 0 aliphatic rings. The van der Waals surface area contributed by atoms with Gasteiger partial charge in [0.1, 0.15) is 12.4 Å². The number of esters is 1. The molecule has 0 saturated carbocycles. The summed E-state index contributed by atoms with van der Waals surface area (Å²) in [6, 6.07) is 15.4. The third kappa shape index (κ3) is 4.10. The van der Waals surface area contributed by atoms with Crippen LogP contribution in [0.2, 0.25) is 0 Å². The molecule has 0 heterocycles. The lowest BCUT2D eigenvalue weighted by Gasteiger charge is -2.19. The monoisotopic (exact) mass is 298 g/mol. The molecule has 0 saturated heterocycles. The van der Waals surface area contributed by atoms with Crippen LogP contribution >= 0.6 is 0 Å². The minimum absolute atomic E-state index is 0.0987. The molecule has 0 bridgehead atoms. The quantitative estimate of drug-likeness (QED) is 0.787. The van der Waals surface area contributed by atoms with Gasteiger partial charge in [0.05, 0.1) is 12.7 Å². The van der Waals surface area contributed by atoms with E-state index in [0.29, 0.717) is 12.2 Å². The number of rotatable bonds is 4. The van der Waals surface area contributed by atoms with Gasteiger partial charge in [0.15, 0.2) is 0 Å². The van der Waals surface area contributed by atoms with Crippen LogP contribution in [-0.2, 0) is 16.8 Å². The lowest BCUT2D eigenvalue weighted by Crippen LogP contribution is -2.11. The van der Waals surface area contributed by atoms with Crippen molar-refractivity contribution in [3.8, 4) is 5.75 Å². The van der Waals surface area contributed by atoms with Gasteiger partial charge in [-0.2, -0.15) is 0 Å². The highest BCUT2D eigenvalue weighted by atomic mass is 16.5. The third-order valence-corrected chi connectivity index (χ3v) is 3.48. The molecule has 0 amide bonds. The second-order valence-electron chi connectivity index (χ2n) is 6.26. The minimum Gasteiger partial charge on any atom is -0.489 e. The molecule has 116 valence electrons. The summed E-state index contributed by atoms with van der Waals surface area (Å²) in [5, 5.41) is 0. The normalized spacial score (nSPS) is 11.1. The largest absolute Gasteiger partial charge is 0.489 e. The maximum absolute atomic E-state index is 11.4. The number of benzene rings is 2. The van der Waals surface area contributed by atoms with Crippen molar-refractivity contribution in [2.24, 2.45) is 0 Å². The fourth-order valence-electron chi connectivity index (χ4n) is 2.07. The molecule has 0 radical (unpaired) electrons. The fourth-order valence-corrected chi connectivity index (χ4v) is 2.07. The van der Waals surface area contributed by atoms with Gasteiger partial charge >= 0.3 is 5.97 Å². The van der Waals surface area contributed by atoms with E-state index in [1.807, 2.05) is 24.3 Å². The number of methoxy groups -OCH3 is 1. The van der Waals surface area contributed by atoms with Gasteiger partial charge in [-0.15, -0.1) is 0 Å².